The monoisotopic (exact) mass is 324 g/mol. The Labute approximate surface area is 130 Å². The van der Waals surface area contributed by atoms with Crippen LogP contribution in [0.3, 0.4) is 0 Å². The maximum Gasteiger partial charge on any atom is 0.409 e. The van der Waals surface area contributed by atoms with Crippen molar-refractivity contribution in [2.24, 2.45) is 5.84 Å². The normalized spacial score (nSPS) is 9.17. The number of urea groups is 1. The molecule has 9 heteroatoms. The fraction of sp³-hybridized carbons (Fsp3) is 0. The first-order chi connectivity index (χ1) is 10.9. The summed E-state index contributed by atoms with van der Waals surface area (Å²) in [6.07, 6.45) is -1.16. The van der Waals surface area contributed by atoms with E-state index in [2.05, 4.69) is 10.6 Å². The molecule has 0 saturated heterocycles. The van der Waals surface area contributed by atoms with E-state index in [0.717, 1.165) is 0 Å². The SMILES string of the molecule is NNC(=O)Nc1ccc(F)cc1.O=C(O)Nc1ccc(F)cc1. The van der Waals surface area contributed by atoms with Crippen molar-refractivity contribution in [3.63, 3.8) is 0 Å². The summed E-state index contributed by atoms with van der Waals surface area (Å²) in [7, 11) is 0. The third-order valence-electron chi connectivity index (χ3n) is 2.33. The molecule has 0 radical (unpaired) electrons. The predicted octanol–water partition coefficient (Wildman–Crippen LogP) is 2.74. The zero-order valence-corrected chi connectivity index (χ0v) is 11.7. The Balaban J connectivity index is 0.000000231. The van der Waals surface area contributed by atoms with Crippen molar-refractivity contribution in [2.75, 3.05) is 10.6 Å². The first-order valence-electron chi connectivity index (χ1n) is 6.19. The summed E-state index contributed by atoms with van der Waals surface area (Å²) in [5.41, 5.74) is 2.73. The van der Waals surface area contributed by atoms with E-state index in [1.54, 1.807) is 0 Å². The Morgan fingerprint density at radius 2 is 1.22 bits per heavy atom. The first-order valence-corrected chi connectivity index (χ1v) is 6.19. The molecule has 0 spiro atoms. The lowest BCUT2D eigenvalue weighted by Gasteiger charge is -2.02. The van der Waals surface area contributed by atoms with Gasteiger partial charge in [0.25, 0.3) is 0 Å². The molecule has 0 atom stereocenters. The number of nitrogens with one attached hydrogen (secondary N) is 3. The Kier molecular flexibility index (Phi) is 6.95. The average molecular weight is 324 g/mol. The number of carbonyl (C=O) groups is 2. The fourth-order valence-electron chi connectivity index (χ4n) is 1.36. The van der Waals surface area contributed by atoms with Crippen LogP contribution in [0.1, 0.15) is 0 Å². The molecule has 23 heavy (non-hydrogen) atoms. The molecule has 2 rings (SSSR count). The van der Waals surface area contributed by atoms with Gasteiger partial charge in [0.2, 0.25) is 0 Å². The Morgan fingerprint density at radius 3 is 1.57 bits per heavy atom. The second-order valence-electron chi connectivity index (χ2n) is 4.04. The molecule has 0 saturated carbocycles. The number of rotatable bonds is 2. The van der Waals surface area contributed by atoms with E-state index in [1.165, 1.54) is 48.5 Å². The van der Waals surface area contributed by atoms with Gasteiger partial charge in [0.05, 0.1) is 0 Å². The minimum atomic E-state index is -1.16. The van der Waals surface area contributed by atoms with Crippen LogP contribution in [0.2, 0.25) is 0 Å². The third kappa shape index (κ3) is 7.39. The van der Waals surface area contributed by atoms with E-state index >= 15 is 0 Å². The molecule has 122 valence electrons. The number of hydrazine groups is 1. The second-order valence-corrected chi connectivity index (χ2v) is 4.04. The summed E-state index contributed by atoms with van der Waals surface area (Å²) in [5.74, 6) is 4.07. The van der Waals surface area contributed by atoms with Crippen LogP contribution >= 0.6 is 0 Å². The number of anilines is 2. The van der Waals surface area contributed by atoms with Crippen LogP contribution in [-0.4, -0.2) is 17.2 Å². The average Bonchev–Trinajstić information content (AvgIpc) is 2.52. The van der Waals surface area contributed by atoms with Crippen molar-refractivity contribution in [3.8, 4) is 0 Å². The Morgan fingerprint density at radius 1 is 0.826 bits per heavy atom. The highest BCUT2D eigenvalue weighted by Crippen LogP contribution is 2.08. The van der Waals surface area contributed by atoms with Crippen LogP contribution in [0.25, 0.3) is 0 Å². The van der Waals surface area contributed by atoms with Crippen molar-refractivity contribution in [1.29, 1.82) is 0 Å². The van der Waals surface area contributed by atoms with Crippen molar-refractivity contribution in [2.45, 2.75) is 0 Å². The van der Waals surface area contributed by atoms with Crippen LogP contribution in [-0.2, 0) is 0 Å². The maximum atomic E-state index is 12.4. The number of hydrogen-bond donors (Lipinski definition) is 5. The number of nitrogens with two attached hydrogens (primary N) is 1. The van der Waals surface area contributed by atoms with Gasteiger partial charge in [-0.15, -0.1) is 0 Å². The van der Waals surface area contributed by atoms with E-state index in [1.807, 2.05) is 5.43 Å². The second kappa shape index (κ2) is 8.95. The molecule has 6 N–H and O–H groups in total. The highest BCUT2D eigenvalue weighted by Gasteiger charge is 1.97. The number of benzene rings is 2. The van der Waals surface area contributed by atoms with Crippen LogP contribution in [0.4, 0.5) is 29.7 Å². The van der Waals surface area contributed by atoms with Gasteiger partial charge < -0.3 is 10.4 Å². The summed E-state index contributed by atoms with van der Waals surface area (Å²) >= 11 is 0. The largest absolute Gasteiger partial charge is 0.465 e. The van der Waals surface area contributed by atoms with E-state index in [-0.39, 0.29) is 11.6 Å². The number of halogens is 2. The zero-order valence-electron chi connectivity index (χ0n) is 11.7. The molecule has 0 unspecified atom stereocenters. The lowest BCUT2D eigenvalue weighted by Crippen LogP contribution is -2.34. The molecule has 2 aromatic carbocycles. The smallest absolute Gasteiger partial charge is 0.409 e. The number of amides is 3. The van der Waals surface area contributed by atoms with E-state index in [4.69, 9.17) is 10.9 Å². The van der Waals surface area contributed by atoms with Crippen LogP contribution in [0.15, 0.2) is 48.5 Å². The topological polar surface area (TPSA) is 116 Å². The highest BCUT2D eigenvalue weighted by molar-refractivity contribution is 5.88. The van der Waals surface area contributed by atoms with Crippen LogP contribution in [0, 0.1) is 11.6 Å². The first kappa shape index (κ1) is 17.9. The minimum Gasteiger partial charge on any atom is -0.465 e. The van der Waals surface area contributed by atoms with Crippen molar-refractivity contribution < 1.29 is 23.5 Å². The van der Waals surface area contributed by atoms with Crippen molar-refractivity contribution in [3.05, 3.63) is 60.2 Å². The summed E-state index contributed by atoms with van der Waals surface area (Å²) in [5, 5.41) is 12.7. The molecule has 0 fully saturated rings. The molecule has 0 aromatic heterocycles. The molecular weight excluding hydrogens is 310 g/mol. The van der Waals surface area contributed by atoms with Gasteiger partial charge in [-0.1, -0.05) is 0 Å². The maximum absolute atomic E-state index is 12.4. The summed E-state index contributed by atoms with van der Waals surface area (Å²) < 4.78 is 24.6. The quantitative estimate of drug-likeness (QED) is 0.332. The van der Waals surface area contributed by atoms with Crippen LogP contribution in [0.5, 0.6) is 0 Å². The molecule has 0 bridgehead atoms. The Hall–Kier alpha value is -3.20. The molecule has 2 aromatic rings. The fourth-order valence-corrected chi connectivity index (χ4v) is 1.36. The molecule has 3 amide bonds. The summed E-state index contributed by atoms with van der Waals surface area (Å²) in [6, 6.07) is 9.89. The van der Waals surface area contributed by atoms with Gasteiger partial charge in [0.1, 0.15) is 11.6 Å². The molecular formula is C14H14F2N4O3. The highest BCUT2D eigenvalue weighted by atomic mass is 19.1. The van der Waals surface area contributed by atoms with Gasteiger partial charge >= 0.3 is 12.1 Å². The van der Waals surface area contributed by atoms with E-state index in [0.29, 0.717) is 11.4 Å². The van der Waals surface area contributed by atoms with E-state index < -0.39 is 12.1 Å². The lowest BCUT2D eigenvalue weighted by molar-refractivity contribution is 0.209. The van der Waals surface area contributed by atoms with Crippen LogP contribution < -0.4 is 21.9 Å². The lowest BCUT2D eigenvalue weighted by atomic mass is 10.3. The summed E-state index contributed by atoms with van der Waals surface area (Å²) in [4.78, 5) is 20.7. The van der Waals surface area contributed by atoms with Gasteiger partial charge in [0, 0.05) is 11.4 Å². The molecule has 0 aliphatic carbocycles. The molecule has 0 aliphatic heterocycles. The van der Waals surface area contributed by atoms with Gasteiger partial charge in [0.15, 0.2) is 0 Å². The number of carboxylic acid groups (broad SMARTS) is 1. The number of hydrogen-bond acceptors (Lipinski definition) is 3. The molecule has 0 aliphatic rings. The Bertz CT molecular complexity index is 648. The number of carbonyl (C=O) groups excluding carboxylic acids is 1. The van der Waals surface area contributed by atoms with Gasteiger partial charge in [-0.05, 0) is 48.5 Å². The van der Waals surface area contributed by atoms with Crippen molar-refractivity contribution in [1.82, 2.24) is 5.43 Å². The molecule has 0 heterocycles. The third-order valence-corrected chi connectivity index (χ3v) is 2.33. The van der Waals surface area contributed by atoms with Gasteiger partial charge in [-0.2, -0.15) is 0 Å². The van der Waals surface area contributed by atoms with E-state index in [9.17, 15) is 18.4 Å². The molecule has 7 nitrogen and oxygen atoms in total. The summed E-state index contributed by atoms with van der Waals surface area (Å²) in [6.45, 7) is 0. The predicted molar refractivity (Wildman–Crippen MR) is 80.8 cm³/mol. The van der Waals surface area contributed by atoms with Gasteiger partial charge in [-0.3, -0.25) is 10.7 Å². The zero-order chi connectivity index (χ0) is 17.2. The standard InChI is InChI=1S/C7H8FN3O.C7H6FNO2/c8-5-1-3-6(4-2-5)10-7(12)11-9;8-5-1-3-6(4-2-5)9-7(10)11/h1-4H,9H2,(H2,10,11,12);1-4,9H,(H,10,11). The van der Waals surface area contributed by atoms with Gasteiger partial charge in [-0.25, -0.2) is 24.2 Å². The minimum absolute atomic E-state index is 0.353. The van der Waals surface area contributed by atoms with Crippen molar-refractivity contribution >= 4 is 23.5 Å².